The largest absolute Gasteiger partial charge is 0.329 e. The molecule has 1 rings (SSSR count). The first-order valence-electron chi connectivity index (χ1n) is 6.92. The minimum atomic E-state index is -2.94. The van der Waals surface area contributed by atoms with Gasteiger partial charge in [-0.15, -0.1) is 0 Å². The molecule has 0 saturated carbocycles. The van der Waals surface area contributed by atoms with Crippen molar-refractivity contribution in [2.75, 3.05) is 32.1 Å². The Bertz CT molecular complexity index is 509. The van der Waals surface area contributed by atoms with Gasteiger partial charge >= 0.3 is 0 Å². The van der Waals surface area contributed by atoms with Crippen molar-refractivity contribution in [3.63, 3.8) is 0 Å². The average Bonchev–Trinajstić information content (AvgIpc) is 2.37. The van der Waals surface area contributed by atoms with Crippen LogP contribution in [0.2, 0.25) is 0 Å². The van der Waals surface area contributed by atoms with Gasteiger partial charge in [-0.05, 0) is 24.1 Å². The second kappa shape index (κ2) is 7.20. The van der Waals surface area contributed by atoms with Gasteiger partial charge in [0.05, 0.1) is 5.75 Å². The molecule has 5 heteroatoms. The number of hydrogen-bond donors (Lipinski definition) is 1. The highest BCUT2D eigenvalue weighted by Crippen LogP contribution is 2.21. The summed E-state index contributed by atoms with van der Waals surface area (Å²) in [6.45, 7) is 5.29. The van der Waals surface area contributed by atoms with Crippen molar-refractivity contribution in [3.8, 4) is 0 Å². The van der Waals surface area contributed by atoms with Crippen LogP contribution in [0.25, 0.3) is 0 Å². The van der Waals surface area contributed by atoms with Crippen LogP contribution in [0.5, 0.6) is 0 Å². The van der Waals surface area contributed by atoms with E-state index in [4.69, 9.17) is 5.73 Å². The molecular weight excluding hydrogens is 272 g/mol. The Balaban J connectivity index is 2.79. The molecule has 1 atom stereocenters. The van der Waals surface area contributed by atoms with Gasteiger partial charge in [-0.25, -0.2) is 8.42 Å². The molecule has 0 radical (unpaired) electrons. The predicted molar refractivity (Wildman–Crippen MR) is 84.7 cm³/mol. The zero-order chi connectivity index (χ0) is 15.3. The molecule has 4 nitrogen and oxygen atoms in total. The van der Waals surface area contributed by atoms with Crippen molar-refractivity contribution >= 4 is 9.84 Å². The van der Waals surface area contributed by atoms with Gasteiger partial charge in [0.15, 0.2) is 0 Å². The maximum atomic E-state index is 11.2. The first-order valence-corrected chi connectivity index (χ1v) is 8.98. The second-order valence-electron chi connectivity index (χ2n) is 5.68. The van der Waals surface area contributed by atoms with Crippen molar-refractivity contribution in [2.24, 2.45) is 5.73 Å². The zero-order valence-corrected chi connectivity index (χ0v) is 13.7. The van der Waals surface area contributed by atoms with E-state index in [2.05, 4.69) is 38.1 Å². The van der Waals surface area contributed by atoms with E-state index < -0.39 is 9.84 Å². The van der Waals surface area contributed by atoms with Gasteiger partial charge in [0, 0.05) is 25.4 Å². The standard InChI is InChI=1S/C15H26N2O2S/c1-12(2)13-5-7-14(8-6-13)15(11-16)17(3)9-10-20(4,18)19/h5-8,12,15H,9-11,16H2,1-4H3. The van der Waals surface area contributed by atoms with E-state index >= 15 is 0 Å². The molecule has 1 aromatic carbocycles. The average molecular weight is 298 g/mol. The Morgan fingerprint density at radius 1 is 1.15 bits per heavy atom. The highest BCUT2D eigenvalue weighted by molar-refractivity contribution is 7.90. The molecule has 0 amide bonds. The van der Waals surface area contributed by atoms with E-state index in [-0.39, 0.29) is 11.8 Å². The SMILES string of the molecule is CC(C)c1ccc(C(CN)N(C)CCS(C)(=O)=O)cc1. The van der Waals surface area contributed by atoms with Gasteiger partial charge in [-0.3, -0.25) is 4.90 Å². The quantitative estimate of drug-likeness (QED) is 0.833. The minimum absolute atomic E-state index is 0.0537. The smallest absolute Gasteiger partial charge is 0.148 e. The number of rotatable bonds is 7. The normalized spacial score (nSPS) is 13.9. The molecule has 0 fully saturated rings. The fourth-order valence-electron chi connectivity index (χ4n) is 2.14. The molecule has 0 heterocycles. The van der Waals surface area contributed by atoms with Gasteiger partial charge in [0.1, 0.15) is 9.84 Å². The van der Waals surface area contributed by atoms with Gasteiger partial charge in [-0.2, -0.15) is 0 Å². The zero-order valence-electron chi connectivity index (χ0n) is 12.8. The summed E-state index contributed by atoms with van der Waals surface area (Å²) in [5.41, 5.74) is 8.28. The summed E-state index contributed by atoms with van der Waals surface area (Å²) < 4.78 is 22.5. The van der Waals surface area contributed by atoms with Crippen LogP contribution in [0, 0.1) is 0 Å². The van der Waals surface area contributed by atoms with Crippen LogP contribution in [-0.4, -0.2) is 45.5 Å². The number of likely N-dealkylation sites (N-methyl/N-ethyl adjacent to an activating group) is 1. The van der Waals surface area contributed by atoms with Crippen LogP contribution in [0.4, 0.5) is 0 Å². The van der Waals surface area contributed by atoms with Crippen LogP contribution in [0.3, 0.4) is 0 Å². The Morgan fingerprint density at radius 3 is 2.05 bits per heavy atom. The lowest BCUT2D eigenvalue weighted by molar-refractivity contribution is 0.264. The van der Waals surface area contributed by atoms with Crippen molar-refractivity contribution in [1.29, 1.82) is 0 Å². The third-order valence-electron chi connectivity index (χ3n) is 3.56. The number of benzene rings is 1. The summed E-state index contributed by atoms with van der Waals surface area (Å²) in [6, 6.07) is 8.46. The molecule has 0 spiro atoms. The summed E-state index contributed by atoms with van der Waals surface area (Å²) in [5.74, 6) is 0.660. The van der Waals surface area contributed by atoms with E-state index in [1.807, 2.05) is 11.9 Å². The minimum Gasteiger partial charge on any atom is -0.329 e. The molecule has 0 saturated heterocycles. The first kappa shape index (κ1) is 17.1. The molecule has 20 heavy (non-hydrogen) atoms. The molecular formula is C15H26N2O2S. The maximum Gasteiger partial charge on any atom is 0.148 e. The summed E-state index contributed by atoms with van der Waals surface area (Å²) in [5, 5.41) is 0. The summed E-state index contributed by atoms with van der Waals surface area (Å²) >= 11 is 0. The Kier molecular flexibility index (Phi) is 6.17. The van der Waals surface area contributed by atoms with Gasteiger partial charge in [-0.1, -0.05) is 38.1 Å². The maximum absolute atomic E-state index is 11.2. The first-order chi connectivity index (χ1) is 9.24. The highest BCUT2D eigenvalue weighted by Gasteiger charge is 2.17. The Morgan fingerprint density at radius 2 is 1.65 bits per heavy atom. The predicted octanol–water partition coefficient (Wildman–Crippen LogP) is 1.79. The molecule has 1 unspecified atom stereocenters. The summed E-state index contributed by atoms with van der Waals surface area (Å²) in [7, 11) is -1.03. The lowest BCUT2D eigenvalue weighted by atomic mass is 9.98. The van der Waals surface area contributed by atoms with Crippen LogP contribution >= 0.6 is 0 Å². The van der Waals surface area contributed by atoms with Gasteiger partial charge in [0.2, 0.25) is 0 Å². The number of nitrogens with zero attached hydrogens (tertiary/aromatic N) is 1. The fraction of sp³-hybridized carbons (Fsp3) is 0.600. The summed E-state index contributed by atoms with van der Waals surface area (Å²) in [4.78, 5) is 2.01. The van der Waals surface area contributed by atoms with Crippen LogP contribution in [0.15, 0.2) is 24.3 Å². The fourth-order valence-corrected chi connectivity index (χ4v) is 2.76. The monoisotopic (exact) mass is 298 g/mol. The topological polar surface area (TPSA) is 63.4 Å². The molecule has 0 aliphatic heterocycles. The van der Waals surface area contributed by atoms with E-state index in [9.17, 15) is 8.42 Å². The van der Waals surface area contributed by atoms with Crippen LogP contribution in [-0.2, 0) is 9.84 Å². The van der Waals surface area contributed by atoms with Crippen molar-refractivity contribution < 1.29 is 8.42 Å². The van der Waals surface area contributed by atoms with E-state index in [0.29, 0.717) is 19.0 Å². The van der Waals surface area contributed by atoms with Crippen LogP contribution in [0.1, 0.15) is 36.9 Å². The lowest BCUT2D eigenvalue weighted by Crippen LogP contribution is -2.34. The molecule has 0 bridgehead atoms. The highest BCUT2D eigenvalue weighted by atomic mass is 32.2. The number of sulfone groups is 1. The molecule has 2 N–H and O–H groups in total. The third kappa shape index (κ3) is 5.23. The van der Waals surface area contributed by atoms with E-state index in [1.54, 1.807) is 0 Å². The molecule has 0 aliphatic carbocycles. The summed E-state index contributed by atoms with van der Waals surface area (Å²) in [6.07, 6.45) is 1.26. The third-order valence-corrected chi connectivity index (χ3v) is 4.48. The molecule has 0 aliphatic rings. The molecule has 1 aromatic rings. The number of nitrogens with two attached hydrogens (primary N) is 1. The molecule has 114 valence electrons. The van der Waals surface area contributed by atoms with E-state index in [1.165, 1.54) is 11.8 Å². The van der Waals surface area contributed by atoms with Gasteiger partial charge < -0.3 is 5.73 Å². The van der Waals surface area contributed by atoms with Crippen molar-refractivity contribution in [2.45, 2.75) is 25.8 Å². The number of hydrogen-bond acceptors (Lipinski definition) is 4. The Hall–Kier alpha value is -0.910. The van der Waals surface area contributed by atoms with Crippen molar-refractivity contribution in [3.05, 3.63) is 35.4 Å². The molecule has 0 aromatic heterocycles. The lowest BCUT2D eigenvalue weighted by Gasteiger charge is -2.27. The Labute approximate surface area is 122 Å². The van der Waals surface area contributed by atoms with Crippen molar-refractivity contribution in [1.82, 2.24) is 4.90 Å². The second-order valence-corrected chi connectivity index (χ2v) is 7.94. The van der Waals surface area contributed by atoms with E-state index in [0.717, 1.165) is 5.56 Å². The van der Waals surface area contributed by atoms with Crippen LogP contribution < -0.4 is 5.73 Å². The van der Waals surface area contributed by atoms with Gasteiger partial charge in [0.25, 0.3) is 0 Å².